The van der Waals surface area contributed by atoms with Crippen LogP contribution in [0.15, 0.2) is 23.3 Å². The Bertz CT molecular complexity index is 648. The molecule has 1 atom stereocenters. The zero-order valence-corrected chi connectivity index (χ0v) is 14.2. The predicted octanol–water partition coefficient (Wildman–Crippen LogP) is 1.19. The summed E-state index contributed by atoms with van der Waals surface area (Å²) in [5, 5.41) is 7.12. The maximum Gasteiger partial charge on any atom is 0.261 e. The fraction of sp³-hybridized carbons (Fsp3) is 0.438. The van der Waals surface area contributed by atoms with Crippen molar-refractivity contribution in [3.05, 3.63) is 28.8 Å². The second-order valence-electron chi connectivity index (χ2n) is 5.33. The number of carbonyl (C=O) groups excluding carboxylic acids is 2. The summed E-state index contributed by atoms with van der Waals surface area (Å²) in [5.74, 6) is 0.108. The first kappa shape index (κ1) is 18.2. The van der Waals surface area contributed by atoms with Crippen LogP contribution < -0.4 is 21.2 Å². The smallest absolute Gasteiger partial charge is 0.261 e. The zero-order valence-electron chi connectivity index (χ0n) is 13.5. The van der Waals surface area contributed by atoms with E-state index >= 15 is 0 Å². The molecule has 4 N–H and O–H groups in total. The van der Waals surface area contributed by atoms with Crippen molar-refractivity contribution in [3.63, 3.8) is 0 Å². The third-order valence-electron chi connectivity index (χ3n) is 3.55. The average molecular weight is 353 g/mol. The van der Waals surface area contributed by atoms with Crippen LogP contribution in [0, 0.1) is 0 Å². The van der Waals surface area contributed by atoms with Gasteiger partial charge in [-0.3, -0.25) is 9.59 Å². The first-order valence-electron chi connectivity index (χ1n) is 7.85. The van der Waals surface area contributed by atoms with Crippen molar-refractivity contribution in [1.29, 1.82) is 0 Å². The molecule has 1 heterocycles. The van der Waals surface area contributed by atoms with Gasteiger partial charge in [-0.2, -0.15) is 5.10 Å². The monoisotopic (exact) mass is 352 g/mol. The van der Waals surface area contributed by atoms with Gasteiger partial charge in [0, 0.05) is 25.9 Å². The maximum absolute atomic E-state index is 12.0. The molecule has 0 spiro atoms. The molecule has 1 aromatic rings. The van der Waals surface area contributed by atoms with Crippen LogP contribution in [-0.2, 0) is 9.59 Å². The van der Waals surface area contributed by atoms with Gasteiger partial charge in [0.05, 0.1) is 10.7 Å². The molecule has 0 radical (unpaired) electrons. The Morgan fingerprint density at radius 2 is 2.29 bits per heavy atom. The first-order valence-corrected chi connectivity index (χ1v) is 8.22. The minimum Gasteiger partial charge on any atom is -0.479 e. The molecule has 1 unspecified atom stereocenters. The summed E-state index contributed by atoms with van der Waals surface area (Å²) in [6, 6.07) is 5.23. The van der Waals surface area contributed by atoms with E-state index in [0.29, 0.717) is 43.1 Å². The van der Waals surface area contributed by atoms with Gasteiger partial charge in [0.15, 0.2) is 6.10 Å². The summed E-state index contributed by atoms with van der Waals surface area (Å²) in [5.41, 5.74) is 9.40. The van der Waals surface area contributed by atoms with E-state index in [9.17, 15) is 9.59 Å². The summed E-state index contributed by atoms with van der Waals surface area (Å²) >= 11 is 6.27. The summed E-state index contributed by atoms with van der Waals surface area (Å²) in [6.07, 6.45) is 0.828. The maximum atomic E-state index is 12.0. The standard InChI is InChI=1S/C16H21ClN4O3/c1-2-13(16(23)19-8-7-18)24-14-5-3-10(9-11(14)17)12-4-6-15(22)21-20-12/h3,5,9,13H,2,4,6-8,18H2,1H3,(H,19,23)(H,21,22). The van der Waals surface area contributed by atoms with E-state index in [1.54, 1.807) is 12.1 Å². The van der Waals surface area contributed by atoms with Crippen molar-refractivity contribution >= 4 is 29.1 Å². The van der Waals surface area contributed by atoms with Crippen LogP contribution in [0.4, 0.5) is 0 Å². The Kier molecular flexibility index (Phi) is 6.57. The highest BCUT2D eigenvalue weighted by atomic mass is 35.5. The number of amides is 2. The first-order chi connectivity index (χ1) is 11.5. The molecule has 130 valence electrons. The number of nitrogens with one attached hydrogen (secondary N) is 2. The molecule has 0 aliphatic carbocycles. The van der Waals surface area contributed by atoms with Crippen molar-refractivity contribution in [2.75, 3.05) is 13.1 Å². The molecule has 0 saturated carbocycles. The number of nitrogens with two attached hydrogens (primary N) is 1. The fourth-order valence-electron chi connectivity index (χ4n) is 2.24. The van der Waals surface area contributed by atoms with Crippen LogP contribution in [0.2, 0.25) is 5.02 Å². The molecule has 24 heavy (non-hydrogen) atoms. The van der Waals surface area contributed by atoms with Gasteiger partial charge in [0.1, 0.15) is 5.75 Å². The zero-order chi connectivity index (χ0) is 17.5. The molecule has 8 heteroatoms. The van der Waals surface area contributed by atoms with Crippen LogP contribution in [0.5, 0.6) is 5.75 Å². The van der Waals surface area contributed by atoms with Gasteiger partial charge in [-0.25, -0.2) is 5.43 Å². The second kappa shape index (κ2) is 8.65. The number of rotatable bonds is 7. The highest BCUT2D eigenvalue weighted by Gasteiger charge is 2.20. The molecule has 1 aliphatic heterocycles. The Morgan fingerprint density at radius 3 is 2.88 bits per heavy atom. The number of halogens is 1. The Hall–Kier alpha value is -2.12. The molecule has 0 saturated heterocycles. The Balaban J connectivity index is 2.09. The third kappa shape index (κ3) is 4.69. The van der Waals surface area contributed by atoms with E-state index in [4.69, 9.17) is 22.1 Å². The van der Waals surface area contributed by atoms with Crippen molar-refractivity contribution in [2.24, 2.45) is 10.8 Å². The van der Waals surface area contributed by atoms with E-state index in [0.717, 1.165) is 11.3 Å². The summed E-state index contributed by atoms with van der Waals surface area (Å²) in [6.45, 7) is 2.63. The van der Waals surface area contributed by atoms with Crippen molar-refractivity contribution < 1.29 is 14.3 Å². The largest absolute Gasteiger partial charge is 0.479 e. The van der Waals surface area contributed by atoms with E-state index in [1.165, 1.54) is 0 Å². The van der Waals surface area contributed by atoms with Gasteiger partial charge in [0.2, 0.25) is 5.91 Å². The number of carbonyl (C=O) groups is 2. The van der Waals surface area contributed by atoms with Crippen LogP contribution >= 0.6 is 11.6 Å². The predicted molar refractivity (Wildman–Crippen MR) is 92.1 cm³/mol. The lowest BCUT2D eigenvalue weighted by molar-refractivity contribution is -0.128. The van der Waals surface area contributed by atoms with Gasteiger partial charge in [-0.05, 0) is 30.2 Å². The van der Waals surface area contributed by atoms with E-state index in [1.807, 2.05) is 13.0 Å². The topological polar surface area (TPSA) is 106 Å². The Labute approximate surface area is 145 Å². The SMILES string of the molecule is CCC(Oc1ccc(C2=NNC(=O)CC2)cc1Cl)C(=O)NCCN. The summed E-state index contributed by atoms with van der Waals surface area (Å²) in [7, 11) is 0. The molecule has 0 aromatic heterocycles. The van der Waals surface area contributed by atoms with Crippen LogP contribution in [0.25, 0.3) is 0 Å². The molecule has 1 aromatic carbocycles. The molecular weight excluding hydrogens is 332 g/mol. The third-order valence-corrected chi connectivity index (χ3v) is 3.84. The molecule has 7 nitrogen and oxygen atoms in total. The van der Waals surface area contributed by atoms with Crippen LogP contribution in [0.3, 0.4) is 0 Å². The number of hydrazone groups is 1. The van der Waals surface area contributed by atoms with Gasteiger partial charge < -0.3 is 15.8 Å². The molecule has 2 rings (SSSR count). The number of nitrogens with zero attached hydrogens (tertiary/aromatic N) is 1. The molecule has 0 bridgehead atoms. The highest BCUT2D eigenvalue weighted by molar-refractivity contribution is 6.32. The molecular formula is C16H21ClN4O3. The van der Waals surface area contributed by atoms with Gasteiger partial charge in [0.25, 0.3) is 5.91 Å². The minimum atomic E-state index is -0.633. The van der Waals surface area contributed by atoms with E-state index in [2.05, 4.69) is 15.8 Å². The lowest BCUT2D eigenvalue weighted by Gasteiger charge is -2.19. The molecule has 2 amide bonds. The van der Waals surface area contributed by atoms with E-state index in [-0.39, 0.29) is 11.8 Å². The van der Waals surface area contributed by atoms with E-state index < -0.39 is 6.10 Å². The summed E-state index contributed by atoms with van der Waals surface area (Å²) in [4.78, 5) is 23.1. The lowest BCUT2D eigenvalue weighted by atomic mass is 10.0. The minimum absolute atomic E-state index is 0.0981. The lowest BCUT2D eigenvalue weighted by Crippen LogP contribution is -2.40. The summed E-state index contributed by atoms with van der Waals surface area (Å²) < 4.78 is 5.72. The number of benzene rings is 1. The fourth-order valence-corrected chi connectivity index (χ4v) is 2.47. The average Bonchev–Trinajstić information content (AvgIpc) is 2.59. The number of ether oxygens (including phenoxy) is 1. The van der Waals surface area contributed by atoms with Crippen molar-refractivity contribution in [2.45, 2.75) is 32.3 Å². The molecule has 0 fully saturated rings. The molecule has 1 aliphatic rings. The normalized spacial score (nSPS) is 15.3. The van der Waals surface area contributed by atoms with Gasteiger partial charge in [-0.15, -0.1) is 0 Å². The van der Waals surface area contributed by atoms with Gasteiger partial charge >= 0.3 is 0 Å². The second-order valence-corrected chi connectivity index (χ2v) is 5.74. The van der Waals surface area contributed by atoms with Crippen LogP contribution in [-0.4, -0.2) is 36.7 Å². The highest BCUT2D eigenvalue weighted by Crippen LogP contribution is 2.28. The quantitative estimate of drug-likeness (QED) is 0.685. The van der Waals surface area contributed by atoms with Crippen molar-refractivity contribution in [1.82, 2.24) is 10.7 Å². The number of hydrogen-bond donors (Lipinski definition) is 3. The number of hydrogen-bond acceptors (Lipinski definition) is 5. The van der Waals surface area contributed by atoms with Crippen LogP contribution in [0.1, 0.15) is 31.7 Å². The van der Waals surface area contributed by atoms with Crippen molar-refractivity contribution in [3.8, 4) is 5.75 Å². The van der Waals surface area contributed by atoms with Gasteiger partial charge in [-0.1, -0.05) is 18.5 Å². The Morgan fingerprint density at radius 1 is 1.50 bits per heavy atom.